The van der Waals surface area contributed by atoms with E-state index in [0.717, 1.165) is 11.3 Å². The highest BCUT2D eigenvalue weighted by Gasteiger charge is 2.13. The molecule has 0 unspecified atom stereocenters. The number of carboxylic acids is 1. The van der Waals surface area contributed by atoms with Crippen LogP contribution in [0.15, 0.2) is 29.8 Å². The number of thiophene rings is 1. The van der Waals surface area contributed by atoms with Gasteiger partial charge in [-0.2, -0.15) is 4.39 Å². The summed E-state index contributed by atoms with van der Waals surface area (Å²) in [6, 6.07) is 4.40. The van der Waals surface area contributed by atoms with Crippen LogP contribution in [0.2, 0.25) is 0 Å². The number of rotatable bonds is 2. The van der Waals surface area contributed by atoms with Gasteiger partial charge in [-0.1, -0.05) is 0 Å². The molecule has 0 fully saturated rings. The number of carboxylic acid groups (broad SMARTS) is 1. The van der Waals surface area contributed by atoms with E-state index in [0.29, 0.717) is 11.1 Å². The Morgan fingerprint density at radius 1 is 1.40 bits per heavy atom. The molecule has 0 aliphatic rings. The fourth-order valence-corrected chi connectivity index (χ4v) is 1.99. The second-order valence-electron chi connectivity index (χ2n) is 2.84. The van der Waals surface area contributed by atoms with Gasteiger partial charge < -0.3 is 5.11 Å². The van der Waals surface area contributed by atoms with Crippen LogP contribution in [-0.4, -0.2) is 16.1 Å². The summed E-state index contributed by atoms with van der Waals surface area (Å²) in [5, 5.41) is 10.6. The molecule has 0 saturated heterocycles. The number of nitrogens with zero attached hydrogens (tertiary/aromatic N) is 1. The molecule has 0 aliphatic carbocycles. The van der Waals surface area contributed by atoms with Gasteiger partial charge in [-0.05, 0) is 23.6 Å². The van der Waals surface area contributed by atoms with Gasteiger partial charge in [0.15, 0.2) is 0 Å². The van der Waals surface area contributed by atoms with Crippen LogP contribution in [0.3, 0.4) is 0 Å². The van der Waals surface area contributed by atoms with Gasteiger partial charge >= 0.3 is 5.97 Å². The highest BCUT2D eigenvalue weighted by atomic mass is 32.1. The van der Waals surface area contributed by atoms with Crippen LogP contribution < -0.4 is 0 Å². The Morgan fingerprint density at radius 2 is 2.20 bits per heavy atom. The number of aromatic nitrogens is 1. The van der Waals surface area contributed by atoms with E-state index in [-0.39, 0.29) is 4.88 Å². The zero-order valence-corrected chi connectivity index (χ0v) is 8.29. The van der Waals surface area contributed by atoms with Crippen molar-refractivity contribution in [1.29, 1.82) is 0 Å². The molecule has 5 heteroatoms. The van der Waals surface area contributed by atoms with Gasteiger partial charge in [0.2, 0.25) is 5.95 Å². The number of hydrogen-bond acceptors (Lipinski definition) is 3. The van der Waals surface area contributed by atoms with Crippen molar-refractivity contribution in [2.45, 2.75) is 0 Å². The Balaban J connectivity index is 2.49. The van der Waals surface area contributed by atoms with Gasteiger partial charge in [0.1, 0.15) is 4.88 Å². The van der Waals surface area contributed by atoms with E-state index in [9.17, 15) is 9.18 Å². The molecule has 76 valence electrons. The largest absolute Gasteiger partial charge is 0.477 e. The molecular formula is C10H6FNO2S. The lowest BCUT2D eigenvalue weighted by molar-refractivity contribution is 0.0703. The zero-order valence-electron chi connectivity index (χ0n) is 7.48. The van der Waals surface area contributed by atoms with E-state index in [1.165, 1.54) is 18.3 Å². The van der Waals surface area contributed by atoms with E-state index in [1.807, 2.05) is 0 Å². The third-order valence-corrected chi connectivity index (χ3v) is 2.80. The first-order valence-corrected chi connectivity index (χ1v) is 4.99. The van der Waals surface area contributed by atoms with E-state index >= 15 is 0 Å². The predicted molar refractivity (Wildman–Crippen MR) is 54.5 cm³/mol. The van der Waals surface area contributed by atoms with Crippen LogP contribution in [-0.2, 0) is 0 Å². The number of aromatic carboxylic acids is 1. The molecule has 0 aromatic carbocycles. The average Bonchev–Trinajstić information content (AvgIpc) is 2.67. The molecule has 0 aliphatic heterocycles. The third kappa shape index (κ3) is 1.87. The summed E-state index contributed by atoms with van der Waals surface area (Å²) in [5.41, 5.74) is 1.18. The molecule has 0 radical (unpaired) electrons. The molecular weight excluding hydrogens is 217 g/mol. The molecule has 15 heavy (non-hydrogen) atoms. The zero-order chi connectivity index (χ0) is 10.8. The number of pyridine rings is 1. The topological polar surface area (TPSA) is 50.2 Å². The molecule has 2 heterocycles. The van der Waals surface area contributed by atoms with Gasteiger partial charge in [-0.3, -0.25) is 0 Å². The highest BCUT2D eigenvalue weighted by molar-refractivity contribution is 7.12. The lowest BCUT2D eigenvalue weighted by Gasteiger charge is -1.99. The van der Waals surface area contributed by atoms with Crippen LogP contribution in [0, 0.1) is 5.95 Å². The molecule has 0 spiro atoms. The minimum atomic E-state index is -0.982. The summed E-state index contributed by atoms with van der Waals surface area (Å²) >= 11 is 1.14. The van der Waals surface area contributed by atoms with E-state index in [4.69, 9.17) is 5.11 Å². The van der Waals surface area contributed by atoms with Gasteiger partial charge in [0.05, 0.1) is 0 Å². The minimum Gasteiger partial charge on any atom is -0.477 e. The fourth-order valence-electron chi connectivity index (χ4n) is 1.24. The lowest BCUT2D eigenvalue weighted by Crippen LogP contribution is -1.94. The van der Waals surface area contributed by atoms with Crippen LogP contribution in [0.5, 0.6) is 0 Å². The summed E-state index contributed by atoms with van der Waals surface area (Å²) < 4.78 is 12.6. The van der Waals surface area contributed by atoms with E-state index in [1.54, 1.807) is 11.4 Å². The molecule has 0 atom stereocenters. The van der Waals surface area contributed by atoms with Gasteiger partial charge in [-0.25, -0.2) is 9.78 Å². The summed E-state index contributed by atoms with van der Waals surface area (Å²) in [6.07, 6.45) is 1.32. The maximum absolute atomic E-state index is 12.6. The molecule has 0 bridgehead atoms. The van der Waals surface area contributed by atoms with Crippen LogP contribution in [0.4, 0.5) is 4.39 Å². The Morgan fingerprint density at radius 3 is 2.80 bits per heavy atom. The van der Waals surface area contributed by atoms with Crippen LogP contribution >= 0.6 is 11.3 Å². The normalized spacial score (nSPS) is 10.2. The van der Waals surface area contributed by atoms with Crippen molar-refractivity contribution < 1.29 is 14.3 Å². The standard InChI is InChI=1S/C10H6FNO2S/c11-8-2-1-6(5-12-8)7-3-4-15-9(7)10(13)14/h1-5H,(H,13,14). The van der Waals surface area contributed by atoms with Gasteiger partial charge in [0, 0.05) is 17.3 Å². The maximum atomic E-state index is 12.6. The lowest BCUT2D eigenvalue weighted by atomic mass is 10.1. The number of carbonyl (C=O) groups is 1. The average molecular weight is 223 g/mol. The molecule has 1 N–H and O–H groups in total. The number of halogens is 1. The Kier molecular flexibility index (Phi) is 2.47. The third-order valence-electron chi connectivity index (χ3n) is 1.90. The second-order valence-corrected chi connectivity index (χ2v) is 3.75. The molecule has 2 aromatic heterocycles. The first-order valence-electron chi connectivity index (χ1n) is 4.11. The summed E-state index contributed by atoms with van der Waals surface area (Å²) in [4.78, 5) is 14.6. The molecule has 2 aromatic rings. The molecule has 3 nitrogen and oxygen atoms in total. The first kappa shape index (κ1) is 9.79. The molecule has 0 amide bonds. The highest BCUT2D eigenvalue weighted by Crippen LogP contribution is 2.27. The van der Waals surface area contributed by atoms with Crippen molar-refractivity contribution in [2.75, 3.05) is 0 Å². The van der Waals surface area contributed by atoms with E-state index in [2.05, 4.69) is 4.98 Å². The first-order chi connectivity index (χ1) is 7.18. The van der Waals surface area contributed by atoms with Crippen LogP contribution in [0.1, 0.15) is 9.67 Å². The summed E-state index contributed by atoms with van der Waals surface area (Å²) in [6.45, 7) is 0. The summed E-state index contributed by atoms with van der Waals surface area (Å²) in [5.74, 6) is -1.56. The minimum absolute atomic E-state index is 0.239. The second kappa shape index (κ2) is 3.78. The smallest absolute Gasteiger partial charge is 0.346 e. The fraction of sp³-hybridized carbons (Fsp3) is 0. The van der Waals surface area contributed by atoms with Crippen molar-refractivity contribution in [2.24, 2.45) is 0 Å². The maximum Gasteiger partial charge on any atom is 0.346 e. The monoisotopic (exact) mass is 223 g/mol. The SMILES string of the molecule is O=C(O)c1sccc1-c1ccc(F)nc1. The predicted octanol–water partition coefficient (Wildman–Crippen LogP) is 2.65. The Labute approximate surface area is 88.8 Å². The molecule has 2 rings (SSSR count). The summed E-state index contributed by atoms with van der Waals surface area (Å²) in [7, 11) is 0. The van der Waals surface area contributed by atoms with E-state index < -0.39 is 11.9 Å². The Hall–Kier alpha value is -1.75. The molecule has 0 saturated carbocycles. The Bertz CT molecular complexity index is 492. The van der Waals surface area contributed by atoms with Crippen molar-refractivity contribution >= 4 is 17.3 Å². The number of hydrogen-bond donors (Lipinski definition) is 1. The van der Waals surface area contributed by atoms with Gasteiger partial charge in [-0.15, -0.1) is 11.3 Å². The van der Waals surface area contributed by atoms with Crippen molar-refractivity contribution in [3.05, 3.63) is 40.6 Å². The van der Waals surface area contributed by atoms with Crippen molar-refractivity contribution in [3.8, 4) is 11.1 Å². The van der Waals surface area contributed by atoms with Crippen LogP contribution in [0.25, 0.3) is 11.1 Å². The van der Waals surface area contributed by atoms with Crippen molar-refractivity contribution in [1.82, 2.24) is 4.98 Å². The van der Waals surface area contributed by atoms with Gasteiger partial charge in [0.25, 0.3) is 0 Å². The quantitative estimate of drug-likeness (QED) is 0.796. The van der Waals surface area contributed by atoms with Crippen molar-refractivity contribution in [3.63, 3.8) is 0 Å².